The summed E-state index contributed by atoms with van der Waals surface area (Å²) in [4.78, 5) is 23.1. The van der Waals surface area contributed by atoms with Crippen LogP contribution in [-0.2, 0) is 4.79 Å². The van der Waals surface area contributed by atoms with Gasteiger partial charge in [0.15, 0.2) is 0 Å². The van der Waals surface area contributed by atoms with Crippen LogP contribution in [-0.4, -0.2) is 41.1 Å². The zero-order valence-corrected chi connectivity index (χ0v) is 13.3. The quantitative estimate of drug-likeness (QED) is 0.771. The Balaban J connectivity index is 2.67. The van der Waals surface area contributed by atoms with E-state index in [1.54, 1.807) is 36.0 Å². The number of amides is 1. The monoisotopic (exact) mass is 311 g/mol. The van der Waals surface area contributed by atoms with Gasteiger partial charge >= 0.3 is 5.97 Å². The number of carboxylic acids is 1. The zero-order valence-electron chi connectivity index (χ0n) is 12.5. The van der Waals surface area contributed by atoms with Crippen molar-refractivity contribution < 1.29 is 19.4 Å². The molecule has 116 valence electrons. The van der Waals surface area contributed by atoms with Gasteiger partial charge in [0, 0.05) is 5.56 Å². The zero-order chi connectivity index (χ0) is 15.8. The predicted molar refractivity (Wildman–Crippen MR) is 84.1 cm³/mol. The van der Waals surface area contributed by atoms with Gasteiger partial charge in [0.25, 0.3) is 5.91 Å². The van der Waals surface area contributed by atoms with Crippen molar-refractivity contribution in [3.8, 4) is 5.75 Å². The summed E-state index contributed by atoms with van der Waals surface area (Å²) in [6.07, 6.45) is 2.36. The van der Waals surface area contributed by atoms with Gasteiger partial charge in [0.1, 0.15) is 11.8 Å². The van der Waals surface area contributed by atoms with Gasteiger partial charge in [0.05, 0.1) is 6.10 Å². The second-order valence-corrected chi connectivity index (χ2v) is 5.82. The highest BCUT2D eigenvalue weighted by atomic mass is 32.2. The van der Waals surface area contributed by atoms with Crippen LogP contribution in [0.25, 0.3) is 0 Å². The summed E-state index contributed by atoms with van der Waals surface area (Å²) in [5, 5.41) is 11.6. The lowest BCUT2D eigenvalue weighted by Crippen LogP contribution is -2.41. The van der Waals surface area contributed by atoms with Crippen molar-refractivity contribution in [3.63, 3.8) is 0 Å². The molecule has 5 nitrogen and oxygen atoms in total. The fourth-order valence-corrected chi connectivity index (χ4v) is 2.16. The van der Waals surface area contributed by atoms with E-state index in [2.05, 4.69) is 5.32 Å². The van der Waals surface area contributed by atoms with Crippen molar-refractivity contribution in [2.75, 3.05) is 12.0 Å². The number of carbonyl (C=O) groups is 2. The Bertz CT molecular complexity index is 473. The Hall–Kier alpha value is -1.69. The number of carbonyl (C=O) groups excluding carboxylic acids is 1. The number of thioether (sulfide) groups is 1. The summed E-state index contributed by atoms with van der Waals surface area (Å²) >= 11 is 1.55. The number of carboxylic acid groups (broad SMARTS) is 1. The van der Waals surface area contributed by atoms with E-state index in [0.717, 1.165) is 0 Å². The van der Waals surface area contributed by atoms with Crippen LogP contribution in [0.1, 0.15) is 30.6 Å². The maximum atomic E-state index is 12.0. The molecule has 6 heteroatoms. The molecule has 0 aliphatic rings. The largest absolute Gasteiger partial charge is 0.491 e. The highest BCUT2D eigenvalue weighted by Gasteiger charge is 2.20. The third-order valence-corrected chi connectivity index (χ3v) is 3.35. The van der Waals surface area contributed by atoms with Crippen molar-refractivity contribution in [2.45, 2.75) is 32.4 Å². The molecule has 1 unspecified atom stereocenters. The first kappa shape index (κ1) is 17.4. The Morgan fingerprint density at radius 1 is 1.29 bits per heavy atom. The highest BCUT2D eigenvalue weighted by Crippen LogP contribution is 2.14. The van der Waals surface area contributed by atoms with Crippen molar-refractivity contribution in [2.24, 2.45) is 0 Å². The molecule has 1 amide bonds. The second-order valence-electron chi connectivity index (χ2n) is 4.84. The van der Waals surface area contributed by atoms with Crippen LogP contribution < -0.4 is 10.1 Å². The SMILES string of the molecule is CSCCC(NC(=O)c1ccc(OC(C)C)cc1)C(=O)O. The summed E-state index contributed by atoms with van der Waals surface area (Å²) in [5.74, 6) is -0.0474. The Labute approximate surface area is 129 Å². The molecule has 0 bridgehead atoms. The molecule has 0 saturated heterocycles. The number of ether oxygens (including phenoxy) is 1. The van der Waals surface area contributed by atoms with Crippen LogP contribution in [0, 0.1) is 0 Å². The molecule has 0 fully saturated rings. The van der Waals surface area contributed by atoms with Gasteiger partial charge in [-0.05, 0) is 56.5 Å². The van der Waals surface area contributed by atoms with E-state index in [-0.39, 0.29) is 12.0 Å². The lowest BCUT2D eigenvalue weighted by atomic mass is 10.1. The van der Waals surface area contributed by atoms with Gasteiger partial charge in [-0.2, -0.15) is 11.8 Å². The van der Waals surface area contributed by atoms with Gasteiger partial charge in [-0.15, -0.1) is 0 Å². The van der Waals surface area contributed by atoms with E-state index in [1.807, 2.05) is 20.1 Å². The normalized spacial score (nSPS) is 12.0. The second kappa shape index (κ2) is 8.56. The average Bonchev–Trinajstić information content (AvgIpc) is 2.43. The minimum atomic E-state index is -1.02. The molecule has 2 N–H and O–H groups in total. The van der Waals surface area contributed by atoms with Gasteiger partial charge < -0.3 is 15.2 Å². The van der Waals surface area contributed by atoms with Gasteiger partial charge in [-0.3, -0.25) is 4.79 Å². The maximum absolute atomic E-state index is 12.0. The van der Waals surface area contributed by atoms with Crippen LogP contribution >= 0.6 is 11.8 Å². The van der Waals surface area contributed by atoms with Crippen LogP contribution in [0.4, 0.5) is 0 Å². The van der Waals surface area contributed by atoms with Crippen LogP contribution in [0.5, 0.6) is 5.75 Å². The Morgan fingerprint density at radius 3 is 2.38 bits per heavy atom. The van der Waals surface area contributed by atoms with Gasteiger partial charge in [-0.1, -0.05) is 0 Å². The summed E-state index contributed by atoms with van der Waals surface area (Å²) in [5.41, 5.74) is 0.418. The summed E-state index contributed by atoms with van der Waals surface area (Å²) in [7, 11) is 0. The summed E-state index contributed by atoms with van der Waals surface area (Å²) in [6.45, 7) is 3.84. The smallest absolute Gasteiger partial charge is 0.326 e. The molecular formula is C15H21NO4S. The molecule has 0 saturated carbocycles. The number of nitrogens with one attached hydrogen (secondary N) is 1. The standard InChI is InChI=1S/C15H21NO4S/c1-10(2)20-12-6-4-11(5-7-12)14(17)16-13(15(18)19)8-9-21-3/h4-7,10,13H,8-9H2,1-3H3,(H,16,17)(H,18,19). The van der Waals surface area contributed by atoms with E-state index >= 15 is 0 Å². The van der Waals surface area contributed by atoms with Crippen LogP contribution in [0.3, 0.4) is 0 Å². The van der Waals surface area contributed by atoms with Crippen LogP contribution in [0.15, 0.2) is 24.3 Å². The topological polar surface area (TPSA) is 75.6 Å². The Morgan fingerprint density at radius 2 is 1.90 bits per heavy atom. The van der Waals surface area contributed by atoms with E-state index in [1.165, 1.54) is 0 Å². The fraction of sp³-hybridized carbons (Fsp3) is 0.467. The molecule has 21 heavy (non-hydrogen) atoms. The molecular weight excluding hydrogens is 290 g/mol. The minimum absolute atomic E-state index is 0.0626. The number of hydrogen-bond acceptors (Lipinski definition) is 4. The predicted octanol–water partition coefficient (Wildman–Crippen LogP) is 2.41. The van der Waals surface area contributed by atoms with Crippen molar-refractivity contribution in [1.29, 1.82) is 0 Å². The molecule has 0 radical (unpaired) electrons. The molecule has 0 aromatic heterocycles. The first-order chi connectivity index (χ1) is 9.93. The fourth-order valence-electron chi connectivity index (χ4n) is 1.69. The van der Waals surface area contributed by atoms with Crippen molar-refractivity contribution in [3.05, 3.63) is 29.8 Å². The molecule has 0 aliphatic heterocycles. The lowest BCUT2D eigenvalue weighted by Gasteiger charge is -2.14. The first-order valence-electron chi connectivity index (χ1n) is 6.73. The van der Waals surface area contributed by atoms with Crippen molar-refractivity contribution >= 4 is 23.6 Å². The maximum Gasteiger partial charge on any atom is 0.326 e. The molecule has 0 aliphatic carbocycles. The van der Waals surface area contributed by atoms with E-state index in [4.69, 9.17) is 9.84 Å². The molecule has 0 spiro atoms. The third kappa shape index (κ3) is 6.08. The average molecular weight is 311 g/mol. The van der Waals surface area contributed by atoms with Gasteiger partial charge in [-0.25, -0.2) is 4.79 Å². The van der Waals surface area contributed by atoms with E-state index in [0.29, 0.717) is 23.5 Å². The minimum Gasteiger partial charge on any atom is -0.491 e. The molecule has 1 rings (SSSR count). The first-order valence-corrected chi connectivity index (χ1v) is 8.12. The van der Waals surface area contributed by atoms with Crippen molar-refractivity contribution in [1.82, 2.24) is 5.32 Å². The summed E-state index contributed by atoms with van der Waals surface area (Å²) in [6, 6.07) is 5.79. The Kier molecular flexibility index (Phi) is 7.08. The molecule has 1 atom stereocenters. The van der Waals surface area contributed by atoms with E-state index in [9.17, 15) is 9.59 Å². The highest BCUT2D eigenvalue weighted by molar-refractivity contribution is 7.98. The number of benzene rings is 1. The molecule has 0 heterocycles. The number of rotatable bonds is 8. The molecule has 1 aromatic rings. The van der Waals surface area contributed by atoms with Gasteiger partial charge in [0.2, 0.25) is 0 Å². The number of aliphatic carboxylic acids is 1. The lowest BCUT2D eigenvalue weighted by molar-refractivity contribution is -0.139. The summed E-state index contributed by atoms with van der Waals surface area (Å²) < 4.78 is 5.49. The number of hydrogen-bond donors (Lipinski definition) is 2. The third-order valence-electron chi connectivity index (χ3n) is 2.70. The van der Waals surface area contributed by atoms with Crippen LogP contribution in [0.2, 0.25) is 0 Å². The molecule has 1 aromatic carbocycles. The van der Waals surface area contributed by atoms with E-state index < -0.39 is 12.0 Å².